The van der Waals surface area contributed by atoms with E-state index in [4.69, 9.17) is 10.5 Å². The summed E-state index contributed by atoms with van der Waals surface area (Å²) >= 11 is 0. The standard InChI is InChI=1S/C17H16F2N2O3/c1-10(16(20)22)21-17(23)12-4-7-15(14(19)8-12)24-9-11-2-5-13(18)6-3-11/h2-8,10H,9H2,1H3,(H2,20,22)(H,21,23). The summed E-state index contributed by atoms with van der Waals surface area (Å²) in [5, 5.41) is 2.35. The van der Waals surface area contributed by atoms with Crippen molar-refractivity contribution in [3.63, 3.8) is 0 Å². The lowest BCUT2D eigenvalue weighted by Gasteiger charge is -2.11. The molecule has 126 valence electrons. The maximum absolute atomic E-state index is 14.0. The van der Waals surface area contributed by atoms with E-state index in [0.717, 1.165) is 6.07 Å². The number of hydrogen-bond donors (Lipinski definition) is 2. The molecule has 2 rings (SSSR count). The van der Waals surface area contributed by atoms with Crippen molar-refractivity contribution in [1.29, 1.82) is 0 Å². The molecule has 0 aliphatic heterocycles. The molecule has 2 aromatic carbocycles. The minimum Gasteiger partial charge on any atom is -0.486 e. The molecule has 0 aromatic heterocycles. The Bertz CT molecular complexity index is 748. The highest BCUT2D eigenvalue weighted by atomic mass is 19.1. The van der Waals surface area contributed by atoms with Crippen LogP contribution in [0.15, 0.2) is 42.5 Å². The van der Waals surface area contributed by atoms with Crippen molar-refractivity contribution in [3.05, 3.63) is 65.2 Å². The Morgan fingerprint density at radius 2 is 1.83 bits per heavy atom. The maximum atomic E-state index is 14.0. The number of nitrogens with one attached hydrogen (secondary N) is 1. The fourth-order valence-corrected chi connectivity index (χ4v) is 1.85. The summed E-state index contributed by atoms with van der Waals surface area (Å²) in [5.74, 6) is -2.45. The van der Waals surface area contributed by atoms with E-state index in [1.807, 2.05) is 0 Å². The first-order chi connectivity index (χ1) is 11.4. The molecule has 0 aliphatic rings. The van der Waals surface area contributed by atoms with Gasteiger partial charge in [-0.25, -0.2) is 8.78 Å². The molecule has 2 amide bonds. The molecule has 2 aromatic rings. The third-order valence-corrected chi connectivity index (χ3v) is 3.28. The fourth-order valence-electron chi connectivity index (χ4n) is 1.85. The molecule has 0 aliphatic carbocycles. The number of nitrogens with two attached hydrogens (primary N) is 1. The van der Waals surface area contributed by atoms with Crippen molar-refractivity contribution in [2.75, 3.05) is 0 Å². The van der Waals surface area contributed by atoms with E-state index in [9.17, 15) is 18.4 Å². The predicted octanol–water partition coefficient (Wildman–Crippen LogP) is 2.15. The highest BCUT2D eigenvalue weighted by molar-refractivity contribution is 5.97. The molecule has 1 atom stereocenters. The normalized spacial score (nSPS) is 11.6. The van der Waals surface area contributed by atoms with Gasteiger partial charge in [0.15, 0.2) is 11.6 Å². The maximum Gasteiger partial charge on any atom is 0.252 e. The lowest BCUT2D eigenvalue weighted by molar-refractivity contribution is -0.119. The van der Waals surface area contributed by atoms with Crippen LogP contribution in [0.25, 0.3) is 0 Å². The zero-order valence-electron chi connectivity index (χ0n) is 12.9. The summed E-state index contributed by atoms with van der Waals surface area (Å²) in [6.45, 7) is 1.48. The molecule has 5 nitrogen and oxygen atoms in total. The molecule has 0 spiro atoms. The SMILES string of the molecule is CC(NC(=O)c1ccc(OCc2ccc(F)cc2)c(F)c1)C(N)=O. The van der Waals surface area contributed by atoms with Gasteiger partial charge in [0.1, 0.15) is 18.5 Å². The third kappa shape index (κ3) is 4.52. The molecule has 0 saturated carbocycles. The monoisotopic (exact) mass is 334 g/mol. The molecule has 0 bridgehead atoms. The Kier molecular flexibility index (Phi) is 5.47. The van der Waals surface area contributed by atoms with Crippen LogP contribution in [0.4, 0.5) is 8.78 Å². The average molecular weight is 334 g/mol. The van der Waals surface area contributed by atoms with Crippen LogP contribution in [0.3, 0.4) is 0 Å². The topological polar surface area (TPSA) is 81.4 Å². The fraction of sp³-hybridized carbons (Fsp3) is 0.176. The van der Waals surface area contributed by atoms with Crippen LogP contribution in [0.2, 0.25) is 0 Å². The average Bonchev–Trinajstić information content (AvgIpc) is 2.55. The van der Waals surface area contributed by atoms with E-state index in [-0.39, 0.29) is 23.7 Å². The molecule has 0 saturated heterocycles. The van der Waals surface area contributed by atoms with Crippen molar-refractivity contribution >= 4 is 11.8 Å². The van der Waals surface area contributed by atoms with Crippen molar-refractivity contribution in [1.82, 2.24) is 5.32 Å². The molecule has 1 unspecified atom stereocenters. The molecule has 3 N–H and O–H groups in total. The van der Waals surface area contributed by atoms with Crippen molar-refractivity contribution < 1.29 is 23.1 Å². The van der Waals surface area contributed by atoms with Crippen LogP contribution >= 0.6 is 0 Å². The van der Waals surface area contributed by atoms with Gasteiger partial charge in [0.25, 0.3) is 5.91 Å². The second kappa shape index (κ2) is 7.54. The first-order valence-corrected chi connectivity index (χ1v) is 7.14. The van der Waals surface area contributed by atoms with Gasteiger partial charge in [-0.1, -0.05) is 12.1 Å². The number of rotatable bonds is 6. The lowest BCUT2D eigenvalue weighted by atomic mass is 10.1. The highest BCUT2D eigenvalue weighted by Crippen LogP contribution is 2.20. The number of amides is 2. The first kappa shape index (κ1) is 17.4. The second-order valence-electron chi connectivity index (χ2n) is 5.16. The molecule has 7 heteroatoms. The number of carbonyl (C=O) groups excluding carboxylic acids is 2. The number of benzene rings is 2. The first-order valence-electron chi connectivity index (χ1n) is 7.14. The van der Waals surface area contributed by atoms with Crippen LogP contribution in [0.5, 0.6) is 5.75 Å². The molecule has 0 fully saturated rings. The van der Waals surface area contributed by atoms with Gasteiger partial charge in [-0.05, 0) is 42.8 Å². The van der Waals surface area contributed by atoms with Crippen molar-refractivity contribution in [2.45, 2.75) is 19.6 Å². The van der Waals surface area contributed by atoms with Crippen LogP contribution in [0.1, 0.15) is 22.8 Å². The molecule has 0 heterocycles. The minimum atomic E-state index is -0.866. The lowest BCUT2D eigenvalue weighted by Crippen LogP contribution is -2.42. The Morgan fingerprint density at radius 3 is 2.42 bits per heavy atom. The summed E-state index contributed by atoms with van der Waals surface area (Å²) in [6.07, 6.45) is 0. The van der Waals surface area contributed by atoms with E-state index >= 15 is 0 Å². The largest absolute Gasteiger partial charge is 0.486 e. The van der Waals surface area contributed by atoms with Gasteiger partial charge >= 0.3 is 0 Å². The Balaban J connectivity index is 2.02. The Morgan fingerprint density at radius 1 is 1.17 bits per heavy atom. The zero-order valence-corrected chi connectivity index (χ0v) is 12.9. The predicted molar refractivity (Wildman–Crippen MR) is 83.3 cm³/mol. The van der Waals surface area contributed by atoms with Gasteiger partial charge in [-0.2, -0.15) is 0 Å². The highest BCUT2D eigenvalue weighted by Gasteiger charge is 2.15. The number of primary amides is 1. The van der Waals surface area contributed by atoms with Crippen molar-refractivity contribution in [3.8, 4) is 5.75 Å². The van der Waals surface area contributed by atoms with Crippen LogP contribution < -0.4 is 15.8 Å². The van der Waals surface area contributed by atoms with E-state index in [0.29, 0.717) is 5.56 Å². The smallest absolute Gasteiger partial charge is 0.252 e. The summed E-state index contributed by atoms with van der Waals surface area (Å²) in [5.41, 5.74) is 5.76. The van der Waals surface area contributed by atoms with Gasteiger partial charge < -0.3 is 15.8 Å². The van der Waals surface area contributed by atoms with Crippen molar-refractivity contribution in [2.24, 2.45) is 5.73 Å². The summed E-state index contributed by atoms with van der Waals surface area (Å²) in [7, 11) is 0. The Hall–Kier alpha value is -2.96. The van der Waals surface area contributed by atoms with Crippen LogP contribution in [0, 0.1) is 11.6 Å². The molecule has 24 heavy (non-hydrogen) atoms. The summed E-state index contributed by atoms with van der Waals surface area (Å²) in [6, 6.07) is 8.43. The van der Waals surface area contributed by atoms with E-state index in [1.165, 1.54) is 43.3 Å². The number of halogens is 2. The van der Waals surface area contributed by atoms with Gasteiger partial charge in [-0.3, -0.25) is 9.59 Å². The van der Waals surface area contributed by atoms with Crippen LogP contribution in [-0.4, -0.2) is 17.9 Å². The zero-order chi connectivity index (χ0) is 17.7. The summed E-state index contributed by atoms with van der Waals surface area (Å²) < 4.78 is 32.1. The van der Waals surface area contributed by atoms with Gasteiger partial charge in [0.05, 0.1) is 0 Å². The number of hydrogen-bond acceptors (Lipinski definition) is 3. The van der Waals surface area contributed by atoms with Gasteiger partial charge in [0, 0.05) is 5.56 Å². The van der Waals surface area contributed by atoms with E-state index < -0.39 is 23.7 Å². The van der Waals surface area contributed by atoms with E-state index in [1.54, 1.807) is 0 Å². The second-order valence-corrected chi connectivity index (χ2v) is 5.16. The third-order valence-electron chi connectivity index (χ3n) is 3.28. The van der Waals surface area contributed by atoms with Gasteiger partial charge in [0.2, 0.25) is 5.91 Å². The number of carbonyl (C=O) groups is 2. The summed E-state index contributed by atoms with van der Waals surface area (Å²) in [4.78, 5) is 22.8. The van der Waals surface area contributed by atoms with E-state index in [2.05, 4.69) is 5.32 Å². The molecule has 0 radical (unpaired) electrons. The van der Waals surface area contributed by atoms with Gasteiger partial charge in [-0.15, -0.1) is 0 Å². The van der Waals surface area contributed by atoms with Crippen LogP contribution in [-0.2, 0) is 11.4 Å². The molecular weight excluding hydrogens is 318 g/mol. The quantitative estimate of drug-likeness (QED) is 0.849. The minimum absolute atomic E-state index is 0.0368. The Labute approximate surface area is 137 Å². The molecular formula is C17H16F2N2O3. The number of ether oxygens (including phenoxy) is 1.